The van der Waals surface area contributed by atoms with Gasteiger partial charge in [0.25, 0.3) is 0 Å². The largest absolute Gasteiger partial charge is 0.336 e. The number of aromatic nitrogens is 4. The Kier molecular flexibility index (Phi) is 2.59. The predicted molar refractivity (Wildman–Crippen MR) is 56.4 cm³/mol. The Morgan fingerprint density at radius 2 is 2.27 bits per heavy atom. The molecule has 0 aromatic carbocycles. The number of anilines is 2. The van der Waals surface area contributed by atoms with Gasteiger partial charge >= 0.3 is 0 Å². The summed E-state index contributed by atoms with van der Waals surface area (Å²) in [4.78, 5) is 0. The normalized spacial score (nSPS) is 10.3. The van der Waals surface area contributed by atoms with Crippen molar-refractivity contribution in [3.63, 3.8) is 0 Å². The number of nitrogens with one attached hydrogen (secondary N) is 1. The van der Waals surface area contributed by atoms with E-state index >= 15 is 0 Å². The van der Waals surface area contributed by atoms with Gasteiger partial charge in [0.05, 0.1) is 17.6 Å². The summed E-state index contributed by atoms with van der Waals surface area (Å²) in [5.74, 6) is 0.681. The topological polar surface area (TPSA) is 81.7 Å². The Bertz CT molecular complexity index is 432. The summed E-state index contributed by atoms with van der Waals surface area (Å²) in [5, 5.41) is 15.0. The second-order valence-corrected chi connectivity index (χ2v) is 3.14. The number of hydrogen-bond acceptors (Lipinski definition) is 5. The Balaban J connectivity index is 2.11. The van der Waals surface area contributed by atoms with E-state index in [-0.39, 0.29) is 0 Å². The van der Waals surface area contributed by atoms with Crippen LogP contribution in [-0.4, -0.2) is 20.0 Å². The first-order chi connectivity index (χ1) is 7.28. The Morgan fingerprint density at radius 1 is 1.40 bits per heavy atom. The molecule has 0 aliphatic carbocycles. The minimum Gasteiger partial charge on any atom is -0.336 e. The van der Waals surface area contributed by atoms with Crippen molar-refractivity contribution in [2.24, 2.45) is 12.8 Å². The van der Waals surface area contributed by atoms with Crippen molar-refractivity contribution in [3.8, 4) is 0 Å². The lowest BCUT2D eigenvalue weighted by Crippen LogP contribution is -2.02. The smallest absolute Gasteiger partial charge is 0.153 e. The first kappa shape index (κ1) is 9.60. The van der Waals surface area contributed by atoms with Crippen molar-refractivity contribution < 1.29 is 0 Å². The number of nitrogens with zero attached hydrogens (tertiary/aromatic N) is 4. The van der Waals surface area contributed by atoms with Crippen LogP contribution in [0.4, 0.5) is 11.5 Å². The lowest BCUT2D eigenvalue weighted by molar-refractivity contribution is 0.768. The molecule has 0 radical (unpaired) electrons. The zero-order valence-electron chi connectivity index (χ0n) is 8.38. The van der Waals surface area contributed by atoms with Gasteiger partial charge in [0.2, 0.25) is 0 Å². The molecule has 2 aromatic heterocycles. The summed E-state index contributed by atoms with van der Waals surface area (Å²) in [5.41, 5.74) is 7.07. The van der Waals surface area contributed by atoms with E-state index in [0.717, 1.165) is 11.4 Å². The van der Waals surface area contributed by atoms with Crippen molar-refractivity contribution in [2.75, 3.05) is 5.32 Å². The molecular weight excluding hydrogens is 192 g/mol. The molecule has 6 nitrogen and oxygen atoms in total. The van der Waals surface area contributed by atoms with Crippen molar-refractivity contribution in [2.45, 2.75) is 6.54 Å². The average molecular weight is 204 g/mol. The molecule has 6 heteroatoms. The second kappa shape index (κ2) is 4.05. The van der Waals surface area contributed by atoms with Crippen LogP contribution in [0.5, 0.6) is 0 Å². The standard InChI is InChI=1S/C9H12N6/c1-15-6-8(5-11-15)12-9-3-2-7(4-10)13-14-9/h2-3,5-6H,4,10H2,1H3,(H,12,14). The third-order valence-corrected chi connectivity index (χ3v) is 1.91. The van der Waals surface area contributed by atoms with Gasteiger partial charge in [0, 0.05) is 19.8 Å². The minimum absolute atomic E-state index is 0.403. The van der Waals surface area contributed by atoms with Crippen molar-refractivity contribution in [1.29, 1.82) is 0 Å². The highest BCUT2D eigenvalue weighted by Gasteiger charge is 1.98. The van der Waals surface area contributed by atoms with Crippen molar-refractivity contribution in [3.05, 3.63) is 30.2 Å². The van der Waals surface area contributed by atoms with E-state index in [1.165, 1.54) is 0 Å². The number of rotatable bonds is 3. The van der Waals surface area contributed by atoms with Gasteiger partial charge in [-0.05, 0) is 12.1 Å². The van der Waals surface area contributed by atoms with Crippen LogP contribution in [0.15, 0.2) is 24.5 Å². The summed E-state index contributed by atoms with van der Waals surface area (Å²) in [6, 6.07) is 3.67. The molecule has 2 rings (SSSR count). The number of hydrogen-bond donors (Lipinski definition) is 2. The van der Waals surface area contributed by atoms with Crippen LogP contribution in [0.3, 0.4) is 0 Å². The van der Waals surface area contributed by atoms with E-state index in [0.29, 0.717) is 12.4 Å². The fourth-order valence-electron chi connectivity index (χ4n) is 1.17. The fourth-order valence-corrected chi connectivity index (χ4v) is 1.17. The van der Waals surface area contributed by atoms with Crippen LogP contribution in [0.2, 0.25) is 0 Å². The first-order valence-electron chi connectivity index (χ1n) is 4.56. The van der Waals surface area contributed by atoms with Gasteiger partial charge in [0.1, 0.15) is 0 Å². The molecule has 0 bridgehead atoms. The quantitative estimate of drug-likeness (QED) is 0.756. The predicted octanol–water partition coefficient (Wildman–Crippen LogP) is 0.412. The van der Waals surface area contributed by atoms with Gasteiger partial charge in [-0.25, -0.2) is 0 Å². The molecule has 2 heterocycles. The van der Waals surface area contributed by atoms with Gasteiger partial charge in [-0.15, -0.1) is 5.10 Å². The van der Waals surface area contributed by atoms with E-state index < -0.39 is 0 Å². The molecule has 15 heavy (non-hydrogen) atoms. The maximum atomic E-state index is 5.42. The van der Waals surface area contributed by atoms with Gasteiger partial charge in [-0.3, -0.25) is 4.68 Å². The molecule has 0 fully saturated rings. The zero-order chi connectivity index (χ0) is 10.7. The Morgan fingerprint density at radius 3 is 2.80 bits per heavy atom. The van der Waals surface area contributed by atoms with Gasteiger partial charge < -0.3 is 11.1 Å². The van der Waals surface area contributed by atoms with Crippen LogP contribution < -0.4 is 11.1 Å². The third kappa shape index (κ3) is 2.29. The van der Waals surface area contributed by atoms with Crippen LogP contribution in [0, 0.1) is 0 Å². The second-order valence-electron chi connectivity index (χ2n) is 3.14. The molecule has 0 aliphatic rings. The molecule has 0 unspecified atom stereocenters. The lowest BCUT2D eigenvalue weighted by atomic mass is 10.4. The summed E-state index contributed by atoms with van der Waals surface area (Å²) in [7, 11) is 1.86. The molecule has 78 valence electrons. The summed E-state index contributed by atoms with van der Waals surface area (Å²) in [6.07, 6.45) is 3.58. The first-order valence-corrected chi connectivity index (χ1v) is 4.56. The maximum Gasteiger partial charge on any atom is 0.153 e. The van der Waals surface area contributed by atoms with E-state index in [4.69, 9.17) is 5.73 Å². The van der Waals surface area contributed by atoms with Crippen LogP contribution in [0.25, 0.3) is 0 Å². The maximum absolute atomic E-state index is 5.42. The van der Waals surface area contributed by atoms with Crippen LogP contribution in [0.1, 0.15) is 5.69 Å². The highest BCUT2D eigenvalue weighted by Crippen LogP contribution is 2.11. The molecule has 0 atom stereocenters. The highest BCUT2D eigenvalue weighted by atomic mass is 15.3. The molecule has 3 N–H and O–H groups in total. The van der Waals surface area contributed by atoms with E-state index in [9.17, 15) is 0 Å². The average Bonchev–Trinajstić information content (AvgIpc) is 2.65. The molecule has 0 spiro atoms. The van der Waals surface area contributed by atoms with Crippen LogP contribution in [-0.2, 0) is 13.6 Å². The van der Waals surface area contributed by atoms with E-state index in [1.54, 1.807) is 10.9 Å². The van der Waals surface area contributed by atoms with Gasteiger partial charge in [-0.1, -0.05) is 0 Å². The molecule has 0 aliphatic heterocycles. The fraction of sp³-hybridized carbons (Fsp3) is 0.222. The lowest BCUT2D eigenvalue weighted by Gasteiger charge is -2.01. The van der Waals surface area contributed by atoms with Crippen molar-refractivity contribution in [1.82, 2.24) is 20.0 Å². The van der Waals surface area contributed by atoms with Crippen molar-refractivity contribution >= 4 is 11.5 Å². The molecule has 2 aromatic rings. The highest BCUT2D eigenvalue weighted by molar-refractivity contribution is 5.53. The molecule has 0 saturated carbocycles. The molecule has 0 amide bonds. The van der Waals surface area contributed by atoms with E-state index in [2.05, 4.69) is 20.6 Å². The Hall–Kier alpha value is -1.95. The Labute approximate surface area is 87.1 Å². The van der Waals surface area contributed by atoms with Gasteiger partial charge in [0.15, 0.2) is 5.82 Å². The van der Waals surface area contributed by atoms with E-state index in [1.807, 2.05) is 25.4 Å². The summed E-state index contributed by atoms with van der Waals surface area (Å²) in [6.45, 7) is 0.403. The van der Waals surface area contributed by atoms with Crippen LogP contribution >= 0.6 is 0 Å². The number of nitrogens with two attached hydrogens (primary N) is 1. The summed E-state index contributed by atoms with van der Waals surface area (Å²) >= 11 is 0. The minimum atomic E-state index is 0.403. The monoisotopic (exact) mass is 204 g/mol. The SMILES string of the molecule is Cn1cc(Nc2ccc(CN)nn2)cn1. The summed E-state index contributed by atoms with van der Waals surface area (Å²) < 4.78 is 1.71. The molecule has 0 saturated heterocycles. The number of aryl methyl sites for hydroxylation is 1. The third-order valence-electron chi connectivity index (χ3n) is 1.91. The van der Waals surface area contributed by atoms with Gasteiger partial charge in [-0.2, -0.15) is 10.2 Å². The zero-order valence-corrected chi connectivity index (χ0v) is 8.38. The molecular formula is C9H12N6.